The predicted molar refractivity (Wildman–Crippen MR) is 73.8 cm³/mol. The van der Waals surface area contributed by atoms with Gasteiger partial charge in [0.05, 0.1) is 12.2 Å². The maximum atomic E-state index is 12.9. The smallest absolute Gasteiger partial charge is 0.244 e. The molecule has 6 heteroatoms. The van der Waals surface area contributed by atoms with Crippen LogP contribution in [0.25, 0.3) is 11.5 Å². The van der Waals surface area contributed by atoms with E-state index in [0.29, 0.717) is 23.5 Å². The zero-order chi connectivity index (χ0) is 14.2. The topological polar surface area (TPSA) is 55.1 Å². The molecule has 3 heterocycles. The normalized spacial score (nSPS) is 23.4. The van der Waals surface area contributed by atoms with Gasteiger partial charge in [0.1, 0.15) is 11.5 Å². The van der Waals surface area contributed by atoms with E-state index >= 15 is 0 Å². The van der Waals surface area contributed by atoms with Gasteiger partial charge in [0.2, 0.25) is 11.7 Å². The molecule has 2 aromatic heterocycles. The second-order valence-corrected chi connectivity index (χ2v) is 5.80. The molecule has 4 rings (SSSR count). The first kappa shape index (κ1) is 12.9. The number of hydrogen-bond acceptors (Lipinski definition) is 5. The standard InChI is InChI=1S/C15H17FN4O/c16-10-6-7-12(17-9-10)14-18-15(21-19-14)13-5-2-8-20(13)11-3-1-4-11/h6-7,9,11,13H,1-5,8H2/t13-/m0/s1. The van der Waals surface area contributed by atoms with Gasteiger partial charge >= 0.3 is 0 Å². The lowest BCUT2D eigenvalue weighted by Gasteiger charge is -2.37. The Balaban J connectivity index is 1.57. The molecule has 0 spiro atoms. The largest absolute Gasteiger partial charge is 0.337 e. The van der Waals surface area contributed by atoms with Crippen molar-refractivity contribution in [3.63, 3.8) is 0 Å². The third-order valence-corrected chi connectivity index (χ3v) is 4.52. The highest BCUT2D eigenvalue weighted by molar-refractivity contribution is 5.47. The minimum atomic E-state index is -0.366. The van der Waals surface area contributed by atoms with Crippen molar-refractivity contribution in [2.75, 3.05) is 6.54 Å². The maximum Gasteiger partial charge on any atom is 0.244 e. The molecular weight excluding hydrogens is 271 g/mol. The molecule has 0 unspecified atom stereocenters. The molecule has 2 aliphatic rings. The molecule has 0 radical (unpaired) electrons. The molecule has 0 amide bonds. The van der Waals surface area contributed by atoms with E-state index in [2.05, 4.69) is 20.0 Å². The van der Waals surface area contributed by atoms with Crippen LogP contribution < -0.4 is 0 Å². The van der Waals surface area contributed by atoms with Crippen molar-refractivity contribution in [3.8, 4) is 11.5 Å². The van der Waals surface area contributed by atoms with E-state index in [9.17, 15) is 4.39 Å². The first-order chi connectivity index (χ1) is 10.3. The van der Waals surface area contributed by atoms with Crippen LogP contribution in [0.2, 0.25) is 0 Å². The summed E-state index contributed by atoms with van der Waals surface area (Å²) in [5.74, 6) is 0.736. The molecule has 1 saturated heterocycles. The lowest BCUT2D eigenvalue weighted by Crippen LogP contribution is -2.39. The van der Waals surface area contributed by atoms with Crippen LogP contribution in [0.4, 0.5) is 4.39 Å². The Morgan fingerprint density at radius 1 is 1.19 bits per heavy atom. The summed E-state index contributed by atoms with van der Waals surface area (Å²) in [4.78, 5) is 11.0. The van der Waals surface area contributed by atoms with Gasteiger partial charge in [-0.15, -0.1) is 0 Å². The lowest BCUT2D eigenvalue weighted by molar-refractivity contribution is 0.0966. The van der Waals surface area contributed by atoms with Gasteiger partial charge in [0.15, 0.2) is 0 Å². The average Bonchev–Trinajstić information content (AvgIpc) is 3.06. The van der Waals surface area contributed by atoms with E-state index in [1.54, 1.807) is 6.07 Å². The van der Waals surface area contributed by atoms with Crippen LogP contribution in [-0.2, 0) is 0 Å². The lowest BCUT2D eigenvalue weighted by atomic mass is 9.91. The molecular formula is C15H17FN4O. The predicted octanol–water partition coefficient (Wildman–Crippen LogP) is 2.96. The second kappa shape index (κ2) is 5.18. The molecule has 1 aliphatic heterocycles. The maximum absolute atomic E-state index is 12.9. The minimum Gasteiger partial charge on any atom is -0.337 e. The SMILES string of the molecule is Fc1ccc(-c2noc([C@@H]3CCCN3C3CCC3)n2)nc1. The fraction of sp³-hybridized carbons (Fsp3) is 0.533. The summed E-state index contributed by atoms with van der Waals surface area (Å²) in [6.07, 6.45) is 7.28. The Labute approximate surface area is 122 Å². The summed E-state index contributed by atoms with van der Waals surface area (Å²) in [5, 5.41) is 4.00. The van der Waals surface area contributed by atoms with Crippen LogP contribution in [0.5, 0.6) is 0 Å². The number of rotatable bonds is 3. The summed E-state index contributed by atoms with van der Waals surface area (Å²) in [6.45, 7) is 1.11. The average molecular weight is 288 g/mol. The molecule has 1 aliphatic carbocycles. The quantitative estimate of drug-likeness (QED) is 0.869. The van der Waals surface area contributed by atoms with E-state index in [-0.39, 0.29) is 11.9 Å². The fourth-order valence-electron chi connectivity index (χ4n) is 3.19. The van der Waals surface area contributed by atoms with Gasteiger partial charge in [-0.25, -0.2) is 9.37 Å². The van der Waals surface area contributed by atoms with Gasteiger partial charge in [-0.1, -0.05) is 11.6 Å². The highest BCUT2D eigenvalue weighted by atomic mass is 19.1. The van der Waals surface area contributed by atoms with Crippen LogP contribution >= 0.6 is 0 Å². The second-order valence-electron chi connectivity index (χ2n) is 5.80. The third kappa shape index (κ3) is 2.33. The number of pyridine rings is 1. The summed E-state index contributed by atoms with van der Waals surface area (Å²) < 4.78 is 18.4. The van der Waals surface area contributed by atoms with Crippen molar-refractivity contribution in [1.29, 1.82) is 0 Å². The Hall–Kier alpha value is -1.82. The Morgan fingerprint density at radius 2 is 2.10 bits per heavy atom. The van der Waals surface area contributed by atoms with Crippen molar-refractivity contribution in [1.82, 2.24) is 20.0 Å². The summed E-state index contributed by atoms with van der Waals surface area (Å²) >= 11 is 0. The van der Waals surface area contributed by atoms with E-state index in [0.717, 1.165) is 13.0 Å². The van der Waals surface area contributed by atoms with E-state index < -0.39 is 0 Å². The van der Waals surface area contributed by atoms with Gasteiger partial charge < -0.3 is 4.52 Å². The molecule has 0 aromatic carbocycles. The van der Waals surface area contributed by atoms with Gasteiger partial charge in [-0.05, 0) is 44.4 Å². The molecule has 21 heavy (non-hydrogen) atoms. The van der Waals surface area contributed by atoms with Gasteiger partial charge in [0, 0.05) is 6.04 Å². The van der Waals surface area contributed by atoms with Crippen LogP contribution in [0.3, 0.4) is 0 Å². The highest BCUT2D eigenvalue weighted by Crippen LogP contribution is 2.38. The number of nitrogens with zero attached hydrogens (tertiary/aromatic N) is 4. The van der Waals surface area contributed by atoms with Crippen LogP contribution in [0.15, 0.2) is 22.9 Å². The van der Waals surface area contributed by atoms with Crippen LogP contribution in [0, 0.1) is 5.82 Å². The first-order valence-corrected chi connectivity index (χ1v) is 7.52. The van der Waals surface area contributed by atoms with Crippen molar-refractivity contribution in [2.24, 2.45) is 0 Å². The Kier molecular flexibility index (Phi) is 3.18. The monoisotopic (exact) mass is 288 g/mol. The molecule has 5 nitrogen and oxygen atoms in total. The van der Waals surface area contributed by atoms with Gasteiger partial charge in [-0.3, -0.25) is 4.90 Å². The minimum absolute atomic E-state index is 0.233. The van der Waals surface area contributed by atoms with Crippen LogP contribution in [-0.4, -0.2) is 32.6 Å². The van der Waals surface area contributed by atoms with E-state index in [1.807, 2.05) is 0 Å². The number of hydrogen-bond donors (Lipinski definition) is 0. The Morgan fingerprint density at radius 3 is 2.81 bits per heavy atom. The van der Waals surface area contributed by atoms with E-state index in [4.69, 9.17) is 4.52 Å². The Bertz CT molecular complexity index is 623. The molecule has 1 saturated carbocycles. The number of likely N-dealkylation sites (tertiary alicyclic amines) is 1. The molecule has 1 atom stereocenters. The molecule has 2 fully saturated rings. The summed E-state index contributed by atoms with van der Waals surface area (Å²) in [5.41, 5.74) is 0.541. The molecule has 2 aromatic rings. The van der Waals surface area contributed by atoms with Gasteiger partial charge in [0.25, 0.3) is 0 Å². The van der Waals surface area contributed by atoms with Crippen molar-refractivity contribution < 1.29 is 8.91 Å². The molecule has 0 N–H and O–H groups in total. The van der Waals surface area contributed by atoms with Crippen molar-refractivity contribution in [3.05, 3.63) is 30.0 Å². The van der Waals surface area contributed by atoms with E-state index in [1.165, 1.54) is 37.9 Å². The fourth-order valence-corrected chi connectivity index (χ4v) is 3.19. The first-order valence-electron chi connectivity index (χ1n) is 7.52. The highest BCUT2D eigenvalue weighted by Gasteiger charge is 2.37. The van der Waals surface area contributed by atoms with Crippen molar-refractivity contribution >= 4 is 0 Å². The summed E-state index contributed by atoms with van der Waals surface area (Å²) in [6, 6.07) is 3.84. The van der Waals surface area contributed by atoms with Crippen LogP contribution in [0.1, 0.15) is 44.0 Å². The number of aromatic nitrogens is 3. The summed E-state index contributed by atoms with van der Waals surface area (Å²) in [7, 11) is 0. The zero-order valence-electron chi connectivity index (χ0n) is 11.7. The van der Waals surface area contributed by atoms with Gasteiger partial charge in [-0.2, -0.15) is 4.98 Å². The number of halogens is 1. The van der Waals surface area contributed by atoms with Crippen molar-refractivity contribution in [2.45, 2.75) is 44.2 Å². The zero-order valence-corrected chi connectivity index (χ0v) is 11.7. The third-order valence-electron chi connectivity index (χ3n) is 4.52. The molecule has 110 valence electrons. The molecule has 0 bridgehead atoms.